The van der Waals surface area contributed by atoms with E-state index >= 15 is 0 Å². The molecule has 0 unspecified atom stereocenters. The van der Waals surface area contributed by atoms with Gasteiger partial charge in [-0.25, -0.2) is 0 Å². The quantitative estimate of drug-likeness (QED) is 0.725. The van der Waals surface area contributed by atoms with Gasteiger partial charge in [0.15, 0.2) is 0 Å². The van der Waals surface area contributed by atoms with Crippen LogP contribution in [-0.2, 0) is 11.3 Å². The standard InChI is InChI=1S/C13H19NO2/c1-2-3-4-5-13(16)14-10-11-6-8-12(15)9-7-11/h6-9,15H,2-5,10H2,1H3,(H,14,16). The maximum atomic E-state index is 11.4. The summed E-state index contributed by atoms with van der Waals surface area (Å²) < 4.78 is 0. The first kappa shape index (κ1) is 12.6. The zero-order valence-electron chi connectivity index (χ0n) is 9.70. The number of phenols is 1. The molecule has 2 N–H and O–H groups in total. The van der Waals surface area contributed by atoms with Gasteiger partial charge in [0.1, 0.15) is 5.75 Å². The third-order valence-electron chi connectivity index (χ3n) is 2.43. The van der Waals surface area contributed by atoms with Crippen molar-refractivity contribution in [3.63, 3.8) is 0 Å². The van der Waals surface area contributed by atoms with E-state index in [1.54, 1.807) is 12.1 Å². The summed E-state index contributed by atoms with van der Waals surface area (Å²) in [6, 6.07) is 6.86. The Labute approximate surface area is 96.5 Å². The van der Waals surface area contributed by atoms with E-state index in [9.17, 15) is 4.79 Å². The van der Waals surface area contributed by atoms with Gasteiger partial charge >= 0.3 is 0 Å². The fourth-order valence-corrected chi connectivity index (χ4v) is 1.44. The van der Waals surface area contributed by atoms with E-state index in [0.29, 0.717) is 13.0 Å². The van der Waals surface area contributed by atoms with Crippen LogP contribution in [0.3, 0.4) is 0 Å². The minimum Gasteiger partial charge on any atom is -0.508 e. The lowest BCUT2D eigenvalue weighted by Crippen LogP contribution is -2.22. The maximum absolute atomic E-state index is 11.4. The SMILES string of the molecule is CCCCCC(=O)NCc1ccc(O)cc1. The number of carbonyl (C=O) groups is 1. The third kappa shape index (κ3) is 4.82. The number of rotatable bonds is 6. The second kappa shape index (κ2) is 6.88. The number of nitrogens with one attached hydrogen (secondary N) is 1. The minimum atomic E-state index is 0.0986. The van der Waals surface area contributed by atoms with Crippen molar-refractivity contribution in [1.29, 1.82) is 0 Å². The van der Waals surface area contributed by atoms with Crippen LogP contribution in [0, 0.1) is 0 Å². The second-order valence-corrected chi connectivity index (χ2v) is 3.90. The number of carbonyl (C=O) groups excluding carboxylic acids is 1. The molecule has 0 radical (unpaired) electrons. The molecule has 0 aliphatic rings. The molecule has 3 heteroatoms. The van der Waals surface area contributed by atoms with E-state index in [1.807, 2.05) is 12.1 Å². The lowest BCUT2D eigenvalue weighted by Gasteiger charge is -2.05. The molecule has 0 spiro atoms. The smallest absolute Gasteiger partial charge is 0.220 e. The van der Waals surface area contributed by atoms with Gasteiger partial charge in [-0.05, 0) is 24.1 Å². The summed E-state index contributed by atoms with van der Waals surface area (Å²) in [7, 11) is 0. The number of hydrogen-bond acceptors (Lipinski definition) is 2. The fraction of sp³-hybridized carbons (Fsp3) is 0.462. The summed E-state index contributed by atoms with van der Waals surface area (Å²) in [5.41, 5.74) is 1.00. The first-order chi connectivity index (χ1) is 7.72. The number of benzene rings is 1. The van der Waals surface area contributed by atoms with Crippen LogP contribution in [0.4, 0.5) is 0 Å². The Morgan fingerprint density at radius 1 is 1.25 bits per heavy atom. The average Bonchev–Trinajstić information content (AvgIpc) is 2.29. The summed E-state index contributed by atoms with van der Waals surface area (Å²) in [6.45, 7) is 2.65. The zero-order chi connectivity index (χ0) is 11.8. The van der Waals surface area contributed by atoms with Crippen molar-refractivity contribution in [3.05, 3.63) is 29.8 Å². The van der Waals surface area contributed by atoms with Gasteiger partial charge in [-0.3, -0.25) is 4.79 Å². The van der Waals surface area contributed by atoms with Crippen molar-refractivity contribution >= 4 is 5.91 Å². The highest BCUT2D eigenvalue weighted by molar-refractivity contribution is 5.75. The number of phenolic OH excluding ortho intramolecular Hbond substituents is 1. The van der Waals surface area contributed by atoms with E-state index in [4.69, 9.17) is 5.11 Å². The third-order valence-corrected chi connectivity index (χ3v) is 2.43. The molecular weight excluding hydrogens is 202 g/mol. The summed E-state index contributed by atoms with van der Waals surface area (Å²) in [6.07, 6.45) is 3.79. The first-order valence-corrected chi connectivity index (χ1v) is 5.77. The highest BCUT2D eigenvalue weighted by Crippen LogP contribution is 2.09. The normalized spacial score (nSPS) is 10.1. The summed E-state index contributed by atoms with van der Waals surface area (Å²) in [4.78, 5) is 11.4. The fourth-order valence-electron chi connectivity index (χ4n) is 1.44. The zero-order valence-corrected chi connectivity index (χ0v) is 9.70. The number of unbranched alkanes of at least 4 members (excludes halogenated alkanes) is 2. The Balaban J connectivity index is 2.23. The molecule has 0 aliphatic carbocycles. The molecule has 0 fully saturated rings. The summed E-state index contributed by atoms with van der Waals surface area (Å²) in [5.74, 6) is 0.347. The molecule has 0 bridgehead atoms. The second-order valence-electron chi connectivity index (χ2n) is 3.90. The molecule has 0 aliphatic heterocycles. The van der Waals surface area contributed by atoms with Crippen LogP contribution < -0.4 is 5.32 Å². The van der Waals surface area contributed by atoms with Gasteiger partial charge < -0.3 is 10.4 Å². The highest BCUT2D eigenvalue weighted by Gasteiger charge is 2.00. The van der Waals surface area contributed by atoms with Gasteiger partial charge in [0, 0.05) is 13.0 Å². The lowest BCUT2D eigenvalue weighted by atomic mass is 10.2. The molecule has 88 valence electrons. The van der Waals surface area contributed by atoms with Crippen molar-refractivity contribution in [2.75, 3.05) is 0 Å². The molecule has 0 saturated heterocycles. The molecule has 0 saturated carbocycles. The average molecular weight is 221 g/mol. The Hall–Kier alpha value is -1.51. The molecule has 16 heavy (non-hydrogen) atoms. The largest absolute Gasteiger partial charge is 0.508 e. The van der Waals surface area contributed by atoms with Crippen LogP contribution in [0.25, 0.3) is 0 Å². The van der Waals surface area contributed by atoms with Crippen molar-refractivity contribution in [3.8, 4) is 5.75 Å². The lowest BCUT2D eigenvalue weighted by molar-refractivity contribution is -0.121. The topological polar surface area (TPSA) is 49.3 Å². The Morgan fingerprint density at radius 3 is 2.56 bits per heavy atom. The van der Waals surface area contributed by atoms with Gasteiger partial charge in [0.05, 0.1) is 0 Å². The number of aromatic hydroxyl groups is 1. The molecule has 3 nitrogen and oxygen atoms in total. The molecular formula is C13H19NO2. The van der Waals surface area contributed by atoms with Crippen molar-refractivity contribution < 1.29 is 9.90 Å². The first-order valence-electron chi connectivity index (χ1n) is 5.77. The Bertz CT molecular complexity index is 319. The van der Waals surface area contributed by atoms with Crippen LogP contribution in [0.5, 0.6) is 5.75 Å². The van der Waals surface area contributed by atoms with Crippen LogP contribution in [0.15, 0.2) is 24.3 Å². The molecule has 1 rings (SSSR count). The van der Waals surface area contributed by atoms with E-state index in [2.05, 4.69) is 12.2 Å². The molecule has 1 aromatic rings. The van der Waals surface area contributed by atoms with Gasteiger partial charge in [-0.1, -0.05) is 31.9 Å². The highest BCUT2D eigenvalue weighted by atomic mass is 16.3. The van der Waals surface area contributed by atoms with Gasteiger partial charge in [0.25, 0.3) is 0 Å². The van der Waals surface area contributed by atoms with E-state index in [1.165, 1.54) is 0 Å². The predicted molar refractivity (Wildman–Crippen MR) is 64.1 cm³/mol. The molecule has 1 aromatic carbocycles. The number of hydrogen-bond donors (Lipinski definition) is 2. The molecule has 0 aromatic heterocycles. The van der Waals surface area contributed by atoms with Crippen molar-refractivity contribution in [1.82, 2.24) is 5.32 Å². The summed E-state index contributed by atoms with van der Waals surface area (Å²) >= 11 is 0. The predicted octanol–water partition coefficient (Wildman–Crippen LogP) is 2.59. The van der Waals surface area contributed by atoms with E-state index in [0.717, 1.165) is 24.8 Å². The molecule has 0 heterocycles. The Kier molecular flexibility index (Phi) is 5.40. The van der Waals surface area contributed by atoms with Crippen LogP contribution in [0.1, 0.15) is 38.2 Å². The molecule has 0 atom stereocenters. The van der Waals surface area contributed by atoms with Gasteiger partial charge in [-0.15, -0.1) is 0 Å². The monoisotopic (exact) mass is 221 g/mol. The maximum Gasteiger partial charge on any atom is 0.220 e. The Morgan fingerprint density at radius 2 is 1.94 bits per heavy atom. The molecule has 1 amide bonds. The minimum absolute atomic E-state index is 0.0986. The van der Waals surface area contributed by atoms with E-state index in [-0.39, 0.29) is 11.7 Å². The van der Waals surface area contributed by atoms with Crippen molar-refractivity contribution in [2.24, 2.45) is 0 Å². The van der Waals surface area contributed by atoms with Gasteiger partial charge in [-0.2, -0.15) is 0 Å². The van der Waals surface area contributed by atoms with Crippen LogP contribution in [0.2, 0.25) is 0 Å². The van der Waals surface area contributed by atoms with Crippen LogP contribution in [-0.4, -0.2) is 11.0 Å². The van der Waals surface area contributed by atoms with E-state index < -0.39 is 0 Å². The van der Waals surface area contributed by atoms with Gasteiger partial charge in [0.2, 0.25) is 5.91 Å². The van der Waals surface area contributed by atoms with Crippen molar-refractivity contribution in [2.45, 2.75) is 39.2 Å². The summed E-state index contributed by atoms with van der Waals surface area (Å²) in [5, 5.41) is 11.9. The number of amides is 1. The van der Waals surface area contributed by atoms with Crippen LogP contribution >= 0.6 is 0 Å².